The number of hydrogen-bond donors (Lipinski definition) is 1. The number of rotatable bonds is 3. The molecular formula is C15H18F2N2OS. The molecule has 0 radical (unpaired) electrons. The number of halogens is 2. The summed E-state index contributed by atoms with van der Waals surface area (Å²) in [5, 5.41) is 3.47. The molecule has 0 fully saturated rings. The zero-order chi connectivity index (χ0) is 15.8. The summed E-state index contributed by atoms with van der Waals surface area (Å²) < 4.78 is 25.9. The maximum atomic E-state index is 14.2. The molecule has 2 rings (SSSR count). The summed E-state index contributed by atoms with van der Waals surface area (Å²) >= 11 is 1.09. The molecule has 1 amide bonds. The van der Waals surface area contributed by atoms with Crippen molar-refractivity contribution in [3.05, 3.63) is 35.6 Å². The van der Waals surface area contributed by atoms with Crippen LogP contribution in [0.15, 0.2) is 29.3 Å². The maximum Gasteiger partial charge on any atom is 0.267 e. The van der Waals surface area contributed by atoms with Crippen LogP contribution in [0.4, 0.5) is 8.78 Å². The lowest BCUT2D eigenvalue weighted by molar-refractivity contribution is -0.122. The van der Waals surface area contributed by atoms with Crippen molar-refractivity contribution in [2.45, 2.75) is 44.2 Å². The number of carbonyl (C=O) groups excluding carboxylic acids is 1. The van der Waals surface area contributed by atoms with Gasteiger partial charge in [-0.2, -0.15) is 4.99 Å². The van der Waals surface area contributed by atoms with E-state index in [1.165, 1.54) is 26.0 Å². The minimum atomic E-state index is -1.68. The molecule has 1 aliphatic rings. The van der Waals surface area contributed by atoms with Crippen molar-refractivity contribution in [1.82, 2.24) is 5.32 Å². The van der Waals surface area contributed by atoms with E-state index in [9.17, 15) is 13.6 Å². The maximum absolute atomic E-state index is 14.2. The van der Waals surface area contributed by atoms with Crippen LogP contribution in [0.2, 0.25) is 0 Å². The van der Waals surface area contributed by atoms with Gasteiger partial charge in [0.25, 0.3) is 5.91 Å². The van der Waals surface area contributed by atoms with Gasteiger partial charge in [-0.1, -0.05) is 23.9 Å². The molecular weight excluding hydrogens is 294 g/mol. The average molecular weight is 312 g/mol. The Kier molecular flexibility index (Phi) is 4.10. The molecule has 0 saturated carbocycles. The van der Waals surface area contributed by atoms with Crippen LogP contribution in [-0.2, 0) is 4.79 Å². The van der Waals surface area contributed by atoms with E-state index >= 15 is 0 Å². The van der Waals surface area contributed by atoms with Crippen molar-refractivity contribution in [2.75, 3.05) is 0 Å². The molecule has 0 bridgehead atoms. The molecule has 2 atom stereocenters. The number of aliphatic imine (C=N–C) groups is 1. The number of amidine groups is 1. The monoisotopic (exact) mass is 312 g/mol. The molecule has 0 aliphatic carbocycles. The van der Waals surface area contributed by atoms with Crippen molar-refractivity contribution in [3.63, 3.8) is 0 Å². The molecule has 1 heterocycles. The first-order valence-electron chi connectivity index (χ1n) is 6.66. The third-order valence-electron chi connectivity index (χ3n) is 3.76. The van der Waals surface area contributed by atoms with Gasteiger partial charge in [-0.05, 0) is 45.4 Å². The number of nitrogens with zero attached hydrogens (tertiary/aromatic N) is 1. The van der Waals surface area contributed by atoms with Crippen LogP contribution in [0.5, 0.6) is 0 Å². The van der Waals surface area contributed by atoms with Crippen LogP contribution in [-0.4, -0.2) is 21.5 Å². The normalized spacial score (nSPS) is 23.9. The number of hydrogen-bond acceptors (Lipinski definition) is 3. The van der Waals surface area contributed by atoms with Crippen molar-refractivity contribution in [3.8, 4) is 0 Å². The first-order chi connectivity index (χ1) is 9.63. The van der Waals surface area contributed by atoms with Crippen molar-refractivity contribution in [1.29, 1.82) is 0 Å². The molecule has 3 nitrogen and oxygen atoms in total. The Hall–Kier alpha value is -1.43. The highest BCUT2D eigenvalue weighted by Gasteiger charge is 2.53. The summed E-state index contributed by atoms with van der Waals surface area (Å²) in [6.45, 7) is 6.18. The van der Waals surface area contributed by atoms with Crippen LogP contribution in [0.25, 0.3) is 0 Å². The van der Waals surface area contributed by atoms with Gasteiger partial charge in [0.05, 0.1) is 6.04 Å². The minimum absolute atomic E-state index is 0.158. The highest BCUT2D eigenvalue weighted by atomic mass is 32.2. The number of alkyl halides is 1. The SMILES string of the molecule is C[C@H](NC1=NC(=O)[C@](C)(C(C)(C)F)S1)c1ccc(F)cc1. The van der Waals surface area contributed by atoms with Gasteiger partial charge in [0, 0.05) is 0 Å². The van der Waals surface area contributed by atoms with Gasteiger partial charge >= 0.3 is 0 Å². The second-order valence-electron chi connectivity index (χ2n) is 5.75. The lowest BCUT2D eigenvalue weighted by atomic mass is 9.93. The lowest BCUT2D eigenvalue weighted by Gasteiger charge is -2.30. The molecule has 0 saturated heterocycles. The molecule has 21 heavy (non-hydrogen) atoms. The highest BCUT2D eigenvalue weighted by Crippen LogP contribution is 2.44. The Labute approximate surface area is 127 Å². The fourth-order valence-corrected chi connectivity index (χ4v) is 3.04. The Morgan fingerprint density at radius 2 is 1.90 bits per heavy atom. The second-order valence-corrected chi connectivity index (χ2v) is 7.15. The van der Waals surface area contributed by atoms with Crippen LogP contribution in [0.1, 0.15) is 39.3 Å². The van der Waals surface area contributed by atoms with E-state index in [4.69, 9.17) is 0 Å². The summed E-state index contributed by atoms with van der Waals surface area (Å²) in [5.74, 6) is -0.783. The predicted octanol–water partition coefficient (Wildman–Crippen LogP) is 3.61. The minimum Gasteiger partial charge on any atom is -0.358 e. The molecule has 0 aromatic heterocycles. The summed E-state index contributed by atoms with van der Waals surface area (Å²) in [6, 6.07) is 5.91. The Bertz CT molecular complexity index is 580. The standard InChI is InChI=1S/C15H18F2N2OS/c1-9(10-5-7-11(16)8-6-10)18-13-19-12(20)15(4,21-13)14(2,3)17/h5-9H,1-4H3,(H,18,19,20)/t9-,15+/m0/s1. The molecule has 0 unspecified atom stereocenters. The second kappa shape index (κ2) is 5.40. The molecule has 1 aromatic carbocycles. The van der Waals surface area contributed by atoms with Crippen LogP contribution < -0.4 is 5.32 Å². The molecule has 1 aliphatic heterocycles. The number of thioether (sulfide) groups is 1. The lowest BCUT2D eigenvalue weighted by Crippen LogP contribution is -2.45. The van der Waals surface area contributed by atoms with Crippen molar-refractivity contribution < 1.29 is 13.6 Å². The number of amides is 1. The summed E-state index contributed by atoms with van der Waals surface area (Å²) in [4.78, 5) is 15.9. The van der Waals surface area contributed by atoms with Gasteiger partial charge in [0.2, 0.25) is 0 Å². The largest absolute Gasteiger partial charge is 0.358 e. The van der Waals surface area contributed by atoms with Gasteiger partial charge in [-0.15, -0.1) is 0 Å². The van der Waals surface area contributed by atoms with Gasteiger partial charge in [0.1, 0.15) is 16.2 Å². The smallest absolute Gasteiger partial charge is 0.267 e. The average Bonchev–Trinajstić information content (AvgIpc) is 2.66. The molecule has 114 valence electrons. The van der Waals surface area contributed by atoms with E-state index in [0.717, 1.165) is 17.3 Å². The highest BCUT2D eigenvalue weighted by molar-refractivity contribution is 8.16. The van der Waals surface area contributed by atoms with Gasteiger partial charge in [-0.3, -0.25) is 4.79 Å². The van der Waals surface area contributed by atoms with Crippen LogP contribution in [0.3, 0.4) is 0 Å². The number of nitrogens with one attached hydrogen (secondary N) is 1. The fraction of sp³-hybridized carbons (Fsp3) is 0.467. The molecule has 1 aromatic rings. The quantitative estimate of drug-likeness (QED) is 0.927. The predicted molar refractivity (Wildman–Crippen MR) is 81.6 cm³/mol. The van der Waals surface area contributed by atoms with Crippen LogP contribution in [0, 0.1) is 5.82 Å². The van der Waals surface area contributed by atoms with E-state index in [1.807, 2.05) is 6.92 Å². The topological polar surface area (TPSA) is 41.5 Å². The van der Waals surface area contributed by atoms with E-state index in [1.54, 1.807) is 19.1 Å². The first kappa shape index (κ1) is 15.9. The van der Waals surface area contributed by atoms with Crippen molar-refractivity contribution in [2.24, 2.45) is 4.99 Å². The fourth-order valence-electron chi connectivity index (χ4n) is 1.92. The van der Waals surface area contributed by atoms with Gasteiger partial charge in [0.15, 0.2) is 5.17 Å². The van der Waals surface area contributed by atoms with Crippen molar-refractivity contribution >= 4 is 22.8 Å². The summed E-state index contributed by atoms with van der Waals surface area (Å²) in [6.07, 6.45) is 0. The Morgan fingerprint density at radius 3 is 2.38 bits per heavy atom. The molecule has 0 spiro atoms. The van der Waals surface area contributed by atoms with Gasteiger partial charge < -0.3 is 5.32 Å². The zero-order valence-electron chi connectivity index (χ0n) is 12.4. The molecule has 6 heteroatoms. The third kappa shape index (κ3) is 3.10. The Balaban J connectivity index is 2.10. The summed E-state index contributed by atoms with van der Waals surface area (Å²) in [7, 11) is 0. The van der Waals surface area contributed by atoms with E-state index in [0.29, 0.717) is 5.17 Å². The van der Waals surface area contributed by atoms with E-state index in [2.05, 4.69) is 10.3 Å². The summed E-state index contributed by atoms with van der Waals surface area (Å²) in [5.41, 5.74) is -0.818. The first-order valence-corrected chi connectivity index (χ1v) is 7.48. The zero-order valence-corrected chi connectivity index (χ0v) is 13.2. The Morgan fingerprint density at radius 1 is 1.33 bits per heavy atom. The number of benzene rings is 1. The van der Waals surface area contributed by atoms with E-state index < -0.39 is 16.3 Å². The molecule has 1 N–H and O–H groups in total. The van der Waals surface area contributed by atoms with Crippen LogP contribution >= 0.6 is 11.8 Å². The van der Waals surface area contributed by atoms with E-state index in [-0.39, 0.29) is 11.9 Å². The van der Waals surface area contributed by atoms with Gasteiger partial charge in [-0.25, -0.2) is 8.78 Å². The number of carbonyl (C=O) groups is 1. The third-order valence-corrected chi connectivity index (χ3v) is 5.23.